The number of pyridine rings is 3. The molecule has 39 heavy (non-hydrogen) atoms. The second-order valence-electron chi connectivity index (χ2n) is 7.74. The van der Waals surface area contributed by atoms with Gasteiger partial charge in [0.15, 0.2) is 11.6 Å². The van der Waals surface area contributed by atoms with Crippen molar-refractivity contribution in [1.29, 1.82) is 0 Å². The summed E-state index contributed by atoms with van der Waals surface area (Å²) in [6.07, 6.45) is 12.4. The molecule has 0 spiro atoms. The van der Waals surface area contributed by atoms with E-state index < -0.39 is 0 Å². The van der Waals surface area contributed by atoms with Crippen LogP contribution in [0.3, 0.4) is 0 Å². The number of aryl methyl sites for hydroxylation is 1. The number of nitrogens with zero attached hydrogens (tertiary/aromatic N) is 7. The Bertz CT molecular complexity index is 1410. The van der Waals surface area contributed by atoms with E-state index in [0.717, 1.165) is 28.6 Å². The number of aromatic nitrogens is 7. The first-order chi connectivity index (χ1) is 18.7. The van der Waals surface area contributed by atoms with Gasteiger partial charge in [-0.3, -0.25) is 5.73 Å². The van der Waals surface area contributed by atoms with Crippen molar-refractivity contribution in [2.24, 2.45) is 5.73 Å². The quantitative estimate of drug-likeness (QED) is 0.206. The molecule has 0 saturated carbocycles. The van der Waals surface area contributed by atoms with Crippen molar-refractivity contribution in [3.8, 4) is 28.6 Å². The van der Waals surface area contributed by atoms with Crippen LogP contribution in [-0.2, 0) is 19.8 Å². The van der Waals surface area contributed by atoms with Gasteiger partial charge in [0.05, 0.1) is 0 Å². The zero-order valence-electron chi connectivity index (χ0n) is 21.2. The molecule has 0 atom stereocenters. The van der Waals surface area contributed by atoms with Gasteiger partial charge in [0.1, 0.15) is 12.5 Å². The van der Waals surface area contributed by atoms with Crippen molar-refractivity contribution >= 4 is 0 Å². The maximum absolute atomic E-state index is 5.32. The Kier molecular flexibility index (Phi) is 11.7. The molecular formula is C29H27N8OOs. The summed E-state index contributed by atoms with van der Waals surface area (Å²) in [7, 11) is 0. The molecule has 6 rings (SSSR count). The first kappa shape index (κ1) is 29.0. The van der Waals surface area contributed by atoms with Gasteiger partial charge in [0, 0.05) is 43.4 Å². The van der Waals surface area contributed by atoms with Gasteiger partial charge in [0.2, 0.25) is 0 Å². The second-order valence-corrected chi connectivity index (χ2v) is 7.74. The van der Waals surface area contributed by atoms with E-state index >= 15 is 0 Å². The zero-order chi connectivity index (χ0) is 26.4. The van der Waals surface area contributed by atoms with Crippen molar-refractivity contribution in [3.05, 3.63) is 134 Å². The van der Waals surface area contributed by atoms with Crippen LogP contribution in [0, 0.1) is 13.0 Å². The molecule has 0 fully saturated rings. The van der Waals surface area contributed by atoms with E-state index in [4.69, 9.17) is 10.5 Å². The van der Waals surface area contributed by atoms with Gasteiger partial charge in [-0.25, -0.2) is 19.3 Å². The van der Waals surface area contributed by atoms with Crippen molar-refractivity contribution in [2.45, 2.75) is 6.92 Å². The largest absolute Gasteiger partial charge is 1.00 e. The fourth-order valence-electron chi connectivity index (χ4n) is 3.26. The molecule has 0 saturated heterocycles. The maximum Gasteiger partial charge on any atom is 1.00 e. The fraction of sp³-hybridized carbons (Fsp3) is 0.0690. The third kappa shape index (κ3) is 9.07. The number of rotatable bonds is 5. The van der Waals surface area contributed by atoms with Crippen LogP contribution in [0.15, 0.2) is 122 Å². The smallest absolute Gasteiger partial charge is 0.479 e. The number of ether oxygens (including phenoxy) is 1. The normalized spacial score (nSPS) is 9.69. The van der Waals surface area contributed by atoms with Crippen LogP contribution in [0.25, 0.3) is 22.9 Å². The van der Waals surface area contributed by atoms with Crippen molar-refractivity contribution < 1.29 is 24.5 Å². The molecule has 5 aromatic heterocycles. The number of benzene rings is 1. The van der Waals surface area contributed by atoms with Gasteiger partial charge in [-0.2, -0.15) is 10.2 Å². The van der Waals surface area contributed by atoms with Crippen molar-refractivity contribution in [3.63, 3.8) is 0 Å². The van der Waals surface area contributed by atoms with E-state index in [0.29, 0.717) is 0 Å². The molecule has 0 aliphatic carbocycles. The van der Waals surface area contributed by atoms with Crippen LogP contribution in [0.5, 0.6) is 5.75 Å². The Morgan fingerprint density at radius 2 is 1.38 bits per heavy atom. The average Bonchev–Trinajstić information content (AvgIpc) is 3.71. The van der Waals surface area contributed by atoms with Gasteiger partial charge < -0.3 is 9.72 Å². The zero-order valence-corrected chi connectivity index (χ0v) is 23.8. The van der Waals surface area contributed by atoms with E-state index in [9.17, 15) is 0 Å². The molecule has 9 nitrogen and oxygen atoms in total. The fourth-order valence-corrected chi connectivity index (χ4v) is 3.26. The van der Waals surface area contributed by atoms with Crippen LogP contribution in [-0.4, -0.2) is 41.2 Å². The molecule has 10 heteroatoms. The van der Waals surface area contributed by atoms with Crippen LogP contribution in [0.2, 0.25) is 0 Å². The van der Waals surface area contributed by atoms with E-state index in [1.165, 1.54) is 5.56 Å². The third-order valence-corrected chi connectivity index (χ3v) is 4.99. The molecule has 5 heterocycles. The molecule has 0 bridgehead atoms. The summed E-state index contributed by atoms with van der Waals surface area (Å²) in [6, 6.07) is 27.9. The summed E-state index contributed by atoms with van der Waals surface area (Å²) in [4.78, 5) is 12.5. The molecular weight excluding hydrogens is 667 g/mol. The summed E-state index contributed by atoms with van der Waals surface area (Å²) in [5, 5.41) is 8.08. The van der Waals surface area contributed by atoms with Gasteiger partial charge in [-0.05, 0) is 54.2 Å². The minimum absolute atomic E-state index is 0. The predicted molar refractivity (Wildman–Crippen MR) is 146 cm³/mol. The molecule has 0 unspecified atom stereocenters. The van der Waals surface area contributed by atoms with Gasteiger partial charge in [-0.1, -0.05) is 19.1 Å². The Balaban J connectivity index is 0.000000164. The third-order valence-electron chi connectivity index (χ3n) is 4.99. The maximum atomic E-state index is 5.32. The van der Waals surface area contributed by atoms with Gasteiger partial charge in [0.25, 0.3) is 0 Å². The van der Waals surface area contributed by atoms with Crippen LogP contribution >= 0.6 is 0 Å². The minimum Gasteiger partial charge on any atom is -0.479 e. The van der Waals surface area contributed by atoms with Crippen molar-refractivity contribution in [1.82, 2.24) is 34.5 Å². The summed E-state index contributed by atoms with van der Waals surface area (Å²) in [5.41, 5.74) is 8.31. The Morgan fingerprint density at radius 3 is 1.87 bits per heavy atom. The molecule has 0 amide bonds. The number of nitrogens with two attached hydrogens (primary N) is 1. The number of hydrogen-bond acceptors (Lipinski definition) is 7. The van der Waals surface area contributed by atoms with Gasteiger partial charge in [-0.15, -0.1) is 35.4 Å². The van der Waals surface area contributed by atoms with E-state index in [2.05, 4.69) is 31.2 Å². The summed E-state index contributed by atoms with van der Waals surface area (Å²) >= 11 is 0. The monoisotopic (exact) mass is 695 g/mol. The molecule has 1 aromatic carbocycles. The molecule has 6 aromatic rings. The van der Waals surface area contributed by atoms with E-state index in [-0.39, 0.29) is 26.5 Å². The van der Waals surface area contributed by atoms with Crippen LogP contribution in [0.4, 0.5) is 0 Å². The first-order valence-corrected chi connectivity index (χ1v) is 11.8. The topological polar surface area (TPSA) is 110 Å². The minimum atomic E-state index is 0. The Hall–Kier alpha value is -4.51. The first-order valence-electron chi connectivity index (χ1n) is 11.8. The molecule has 0 aliphatic rings. The Labute approximate surface area is 240 Å². The van der Waals surface area contributed by atoms with Crippen LogP contribution < -0.4 is 10.5 Å². The Morgan fingerprint density at radius 1 is 0.744 bits per heavy atom. The molecule has 197 valence electrons. The second kappa shape index (κ2) is 15.7. The summed E-state index contributed by atoms with van der Waals surface area (Å²) in [5.74, 6) is 2.41. The standard InChI is InChI=1S/C13H13N2O.2C8H7N3.Os/c1-10-3-2-4-11(7-10)13-8-12(16-9-14)5-6-15-13;2*1-2-5-9-8(4-1)11-7-3-6-10-11;/h2-3,5-8H,9,14H2,1H3;2*1-7H;/q-1;;;+1. The van der Waals surface area contributed by atoms with E-state index in [1.807, 2.05) is 92.1 Å². The number of hydrogen-bond donors (Lipinski definition) is 1. The van der Waals surface area contributed by atoms with E-state index in [1.54, 1.807) is 46.4 Å². The SMILES string of the molecule is Cc1cc[c-]c(-c2cc(OCN)ccn2)c1.[Os+].c1ccc(-n2cccn2)nc1.c1ccc(-n2cccn2)nc1. The summed E-state index contributed by atoms with van der Waals surface area (Å²) in [6.45, 7) is 2.21. The van der Waals surface area contributed by atoms with Crippen molar-refractivity contribution in [2.75, 3.05) is 6.73 Å². The summed E-state index contributed by atoms with van der Waals surface area (Å²) < 4.78 is 8.67. The molecule has 2 N–H and O–H groups in total. The molecule has 1 radical (unpaired) electrons. The predicted octanol–water partition coefficient (Wildman–Crippen LogP) is 4.68. The van der Waals surface area contributed by atoms with Crippen LogP contribution in [0.1, 0.15) is 5.56 Å². The average molecular weight is 694 g/mol. The van der Waals surface area contributed by atoms with Gasteiger partial charge >= 0.3 is 19.8 Å². The molecule has 0 aliphatic heterocycles.